The normalized spacial score (nSPS) is 14.6. The predicted octanol–water partition coefficient (Wildman–Crippen LogP) is 5.17. The highest BCUT2D eigenvalue weighted by Crippen LogP contribution is 2.28. The number of hydrogen-bond donors (Lipinski definition) is 1. The number of carbonyl (C=O) groups is 1. The second-order valence-electron chi connectivity index (χ2n) is 7.93. The lowest BCUT2D eigenvalue weighted by atomic mass is 9.94. The first-order valence-corrected chi connectivity index (χ1v) is 10.4. The minimum atomic E-state index is -0.883. The average molecular weight is 402 g/mol. The number of rotatable bonds is 5. The molecule has 4 rings (SSSR count). The molecule has 1 heterocycles. The molecular formula is C26H27NO3. The van der Waals surface area contributed by atoms with Crippen LogP contribution in [0.2, 0.25) is 0 Å². The molecule has 0 amide bonds. The van der Waals surface area contributed by atoms with Gasteiger partial charge in [0.25, 0.3) is 0 Å². The van der Waals surface area contributed by atoms with Gasteiger partial charge in [-0.3, -0.25) is 4.90 Å². The van der Waals surface area contributed by atoms with Gasteiger partial charge in [0.1, 0.15) is 0 Å². The molecule has 30 heavy (non-hydrogen) atoms. The van der Waals surface area contributed by atoms with Gasteiger partial charge in [-0.15, -0.1) is 0 Å². The molecule has 1 aliphatic heterocycles. The summed E-state index contributed by atoms with van der Waals surface area (Å²) in [6.45, 7) is 8.39. The van der Waals surface area contributed by atoms with Crippen LogP contribution in [-0.2, 0) is 11.3 Å². The number of hydrogen-bond acceptors (Lipinski definition) is 3. The van der Waals surface area contributed by atoms with Crippen LogP contribution in [-0.4, -0.2) is 42.3 Å². The lowest BCUT2D eigenvalue weighted by Crippen LogP contribution is -2.35. The number of carboxylic acids is 1. The van der Waals surface area contributed by atoms with Gasteiger partial charge in [0.05, 0.1) is 18.8 Å². The standard InChI is InChI=1S/C26H27NO3/c1-18-15-24(16-25(19(18)2)26(28)29)23-9-7-22(8-10-23)21-5-3-20(4-6-21)17-27-11-13-30-14-12-27/h3-10,15-16H,11-14,17H2,1-2H3,(H,28,29). The summed E-state index contributed by atoms with van der Waals surface area (Å²) in [7, 11) is 0. The zero-order valence-corrected chi connectivity index (χ0v) is 17.5. The van der Waals surface area contributed by atoms with Gasteiger partial charge >= 0.3 is 5.97 Å². The first-order valence-electron chi connectivity index (χ1n) is 10.4. The minimum Gasteiger partial charge on any atom is -0.478 e. The Kier molecular flexibility index (Phi) is 5.98. The third kappa shape index (κ3) is 4.45. The monoisotopic (exact) mass is 401 g/mol. The molecule has 4 nitrogen and oxygen atoms in total. The van der Waals surface area contributed by atoms with E-state index in [-0.39, 0.29) is 0 Å². The van der Waals surface area contributed by atoms with Gasteiger partial charge in [-0.2, -0.15) is 0 Å². The van der Waals surface area contributed by atoms with Crippen LogP contribution in [0.3, 0.4) is 0 Å². The second-order valence-corrected chi connectivity index (χ2v) is 7.93. The van der Waals surface area contributed by atoms with Crippen molar-refractivity contribution in [2.45, 2.75) is 20.4 Å². The van der Waals surface area contributed by atoms with Crippen molar-refractivity contribution in [2.75, 3.05) is 26.3 Å². The smallest absolute Gasteiger partial charge is 0.335 e. The van der Waals surface area contributed by atoms with Crippen molar-refractivity contribution in [3.63, 3.8) is 0 Å². The molecule has 0 unspecified atom stereocenters. The van der Waals surface area contributed by atoms with E-state index in [0.717, 1.165) is 60.7 Å². The first kappa shape index (κ1) is 20.3. The highest BCUT2D eigenvalue weighted by atomic mass is 16.5. The van der Waals surface area contributed by atoms with E-state index in [1.54, 1.807) is 6.07 Å². The highest BCUT2D eigenvalue weighted by Gasteiger charge is 2.13. The van der Waals surface area contributed by atoms with Crippen molar-refractivity contribution in [3.05, 3.63) is 82.9 Å². The number of aryl methyl sites for hydroxylation is 1. The van der Waals surface area contributed by atoms with Crippen LogP contribution in [0.1, 0.15) is 27.0 Å². The van der Waals surface area contributed by atoms with E-state index < -0.39 is 5.97 Å². The van der Waals surface area contributed by atoms with Crippen molar-refractivity contribution in [1.29, 1.82) is 0 Å². The van der Waals surface area contributed by atoms with Gasteiger partial charge in [-0.25, -0.2) is 4.79 Å². The summed E-state index contributed by atoms with van der Waals surface area (Å²) >= 11 is 0. The fourth-order valence-corrected chi connectivity index (χ4v) is 3.92. The number of ether oxygens (including phenoxy) is 1. The molecule has 0 atom stereocenters. The summed E-state index contributed by atoms with van der Waals surface area (Å²) in [4.78, 5) is 14.0. The maximum Gasteiger partial charge on any atom is 0.335 e. The van der Waals surface area contributed by atoms with Crippen molar-refractivity contribution in [2.24, 2.45) is 0 Å². The van der Waals surface area contributed by atoms with Crippen LogP contribution < -0.4 is 0 Å². The zero-order chi connectivity index (χ0) is 21.1. The largest absolute Gasteiger partial charge is 0.478 e. The van der Waals surface area contributed by atoms with E-state index >= 15 is 0 Å². The fourth-order valence-electron chi connectivity index (χ4n) is 3.92. The average Bonchev–Trinajstić information content (AvgIpc) is 2.77. The Morgan fingerprint density at radius 2 is 1.40 bits per heavy atom. The molecule has 1 fully saturated rings. The Hall–Kier alpha value is -2.95. The Balaban J connectivity index is 1.52. The van der Waals surface area contributed by atoms with Crippen molar-refractivity contribution >= 4 is 5.97 Å². The van der Waals surface area contributed by atoms with Crippen molar-refractivity contribution in [3.8, 4) is 22.3 Å². The maximum atomic E-state index is 11.5. The van der Waals surface area contributed by atoms with E-state index in [1.807, 2.05) is 13.8 Å². The molecule has 0 spiro atoms. The SMILES string of the molecule is Cc1cc(-c2ccc(-c3ccc(CN4CCOCC4)cc3)cc2)cc(C(=O)O)c1C. The second kappa shape index (κ2) is 8.82. The highest BCUT2D eigenvalue weighted by molar-refractivity contribution is 5.91. The number of benzene rings is 3. The molecule has 1 aliphatic rings. The van der Waals surface area contributed by atoms with Crippen molar-refractivity contribution < 1.29 is 14.6 Å². The van der Waals surface area contributed by atoms with E-state index in [4.69, 9.17) is 4.74 Å². The Labute approximate surface area is 177 Å². The van der Waals surface area contributed by atoms with Gasteiger partial charge in [0.15, 0.2) is 0 Å². The molecule has 3 aromatic rings. The van der Waals surface area contributed by atoms with Gasteiger partial charge in [0, 0.05) is 19.6 Å². The predicted molar refractivity (Wildman–Crippen MR) is 120 cm³/mol. The first-order chi connectivity index (χ1) is 14.5. The molecule has 1 N–H and O–H groups in total. The topological polar surface area (TPSA) is 49.8 Å². The molecule has 0 aromatic heterocycles. The number of carboxylic acid groups (broad SMARTS) is 1. The zero-order valence-electron chi connectivity index (χ0n) is 17.5. The molecule has 0 aliphatic carbocycles. The molecule has 0 saturated carbocycles. The van der Waals surface area contributed by atoms with Crippen LogP contribution in [0.25, 0.3) is 22.3 Å². The lowest BCUT2D eigenvalue weighted by molar-refractivity contribution is 0.0342. The van der Waals surface area contributed by atoms with E-state index in [1.165, 1.54) is 11.1 Å². The fraction of sp³-hybridized carbons (Fsp3) is 0.269. The Morgan fingerprint density at radius 3 is 1.97 bits per heavy atom. The van der Waals surface area contributed by atoms with E-state index in [0.29, 0.717) is 5.56 Å². The summed E-state index contributed by atoms with van der Waals surface area (Å²) < 4.78 is 5.42. The molecule has 4 heteroatoms. The Morgan fingerprint density at radius 1 is 0.867 bits per heavy atom. The quantitative estimate of drug-likeness (QED) is 0.641. The molecule has 0 bridgehead atoms. The van der Waals surface area contributed by atoms with Gasteiger partial charge in [-0.05, 0) is 58.9 Å². The maximum absolute atomic E-state index is 11.5. The van der Waals surface area contributed by atoms with Gasteiger partial charge in [-0.1, -0.05) is 54.6 Å². The molecule has 154 valence electrons. The van der Waals surface area contributed by atoms with E-state index in [9.17, 15) is 9.90 Å². The van der Waals surface area contributed by atoms with Crippen LogP contribution in [0.15, 0.2) is 60.7 Å². The third-order valence-electron chi connectivity index (χ3n) is 5.91. The Bertz CT molecular complexity index is 1030. The van der Waals surface area contributed by atoms with E-state index in [2.05, 4.69) is 59.5 Å². The van der Waals surface area contributed by atoms with Crippen LogP contribution in [0.5, 0.6) is 0 Å². The number of nitrogens with zero attached hydrogens (tertiary/aromatic N) is 1. The summed E-state index contributed by atoms with van der Waals surface area (Å²) in [6, 6.07) is 20.9. The molecule has 3 aromatic carbocycles. The summed E-state index contributed by atoms with van der Waals surface area (Å²) in [5, 5.41) is 9.47. The van der Waals surface area contributed by atoms with Crippen LogP contribution in [0, 0.1) is 13.8 Å². The summed E-state index contributed by atoms with van der Waals surface area (Å²) in [5.41, 5.74) is 7.78. The number of aromatic carboxylic acids is 1. The van der Waals surface area contributed by atoms with Crippen LogP contribution >= 0.6 is 0 Å². The lowest BCUT2D eigenvalue weighted by Gasteiger charge is -2.26. The molecule has 1 saturated heterocycles. The summed E-state index contributed by atoms with van der Waals surface area (Å²) in [5.74, 6) is -0.883. The summed E-state index contributed by atoms with van der Waals surface area (Å²) in [6.07, 6.45) is 0. The third-order valence-corrected chi connectivity index (χ3v) is 5.91. The van der Waals surface area contributed by atoms with Crippen molar-refractivity contribution in [1.82, 2.24) is 4.90 Å². The number of morpholine rings is 1. The molecule has 0 radical (unpaired) electrons. The van der Waals surface area contributed by atoms with Gasteiger partial charge < -0.3 is 9.84 Å². The molecular weight excluding hydrogens is 374 g/mol. The minimum absolute atomic E-state index is 0.366. The van der Waals surface area contributed by atoms with Crippen LogP contribution in [0.4, 0.5) is 0 Å². The van der Waals surface area contributed by atoms with Gasteiger partial charge in [0.2, 0.25) is 0 Å².